The van der Waals surface area contributed by atoms with E-state index in [2.05, 4.69) is 0 Å². The minimum Gasteiger partial charge on any atom is -0.384 e. The molecule has 21 heavy (non-hydrogen) atoms. The van der Waals surface area contributed by atoms with Crippen molar-refractivity contribution in [2.24, 2.45) is 0 Å². The molecule has 3 nitrogen and oxygen atoms in total. The van der Waals surface area contributed by atoms with Crippen molar-refractivity contribution in [1.29, 1.82) is 0 Å². The number of carbonyl (C=O) groups excluding carboxylic acids is 1. The number of aliphatic hydroxyl groups excluding tert-OH is 1. The van der Waals surface area contributed by atoms with E-state index in [1.807, 2.05) is 30.3 Å². The number of ketones is 1. The molecule has 5 heteroatoms. The molecule has 0 amide bonds. The predicted molar refractivity (Wildman–Crippen MR) is 79.9 cm³/mol. The van der Waals surface area contributed by atoms with Crippen LogP contribution in [0.25, 0.3) is 0 Å². The van der Waals surface area contributed by atoms with Crippen LogP contribution >= 0.6 is 11.3 Å². The molecule has 2 aromatic rings. The fourth-order valence-electron chi connectivity index (χ4n) is 1.94. The maximum Gasteiger partial charge on any atom is 0.221 e. The summed E-state index contributed by atoms with van der Waals surface area (Å²) in [4.78, 5) is 12.0. The molecule has 0 aliphatic carbocycles. The van der Waals surface area contributed by atoms with E-state index >= 15 is 0 Å². The van der Waals surface area contributed by atoms with Crippen molar-refractivity contribution >= 4 is 17.1 Å². The molecule has 1 heterocycles. The third kappa shape index (κ3) is 3.75. The van der Waals surface area contributed by atoms with Crippen LogP contribution in [0, 0.1) is 0 Å². The van der Waals surface area contributed by atoms with Gasteiger partial charge in [0.1, 0.15) is 6.10 Å². The summed E-state index contributed by atoms with van der Waals surface area (Å²) in [5, 5.41) is 11.9. The second-order valence-corrected chi connectivity index (χ2v) is 5.79. The van der Waals surface area contributed by atoms with Crippen LogP contribution in [0.3, 0.4) is 0 Å². The monoisotopic (exact) mass is 308 g/mol. The zero-order valence-corrected chi connectivity index (χ0v) is 12.5. The molecule has 0 saturated carbocycles. The molecule has 1 N–H and O–H groups in total. The second kappa shape index (κ2) is 6.93. The quantitative estimate of drug-likeness (QED) is 0.853. The van der Waals surface area contributed by atoms with E-state index in [1.165, 1.54) is 11.3 Å². The summed E-state index contributed by atoms with van der Waals surface area (Å²) in [6, 6.07) is 12.6. The van der Waals surface area contributed by atoms with Crippen molar-refractivity contribution in [2.45, 2.75) is 25.3 Å². The summed E-state index contributed by atoms with van der Waals surface area (Å²) in [5.74, 6) is -0.739. The summed E-state index contributed by atoms with van der Waals surface area (Å²) in [5.41, 5.74) is -1.55. The minimum atomic E-state index is -2.43. The van der Waals surface area contributed by atoms with E-state index in [0.29, 0.717) is 4.88 Å². The van der Waals surface area contributed by atoms with Gasteiger partial charge in [0.2, 0.25) is 5.67 Å². The zero-order valence-electron chi connectivity index (χ0n) is 11.7. The van der Waals surface area contributed by atoms with Gasteiger partial charge in [-0.15, -0.1) is 11.3 Å². The van der Waals surface area contributed by atoms with E-state index in [-0.39, 0.29) is 6.61 Å². The van der Waals surface area contributed by atoms with Crippen molar-refractivity contribution in [1.82, 2.24) is 0 Å². The number of halogens is 1. The topological polar surface area (TPSA) is 46.5 Å². The Morgan fingerprint density at radius 2 is 2.05 bits per heavy atom. The van der Waals surface area contributed by atoms with Gasteiger partial charge in [-0.3, -0.25) is 4.79 Å². The van der Waals surface area contributed by atoms with Crippen molar-refractivity contribution in [3.8, 4) is 0 Å². The number of carbonyl (C=O) groups is 1. The number of ether oxygens (including phenoxy) is 1. The van der Waals surface area contributed by atoms with Crippen LogP contribution in [0.2, 0.25) is 0 Å². The molecule has 2 rings (SSSR count). The molecule has 0 aliphatic heterocycles. The highest BCUT2D eigenvalue weighted by atomic mass is 32.1. The van der Waals surface area contributed by atoms with Gasteiger partial charge < -0.3 is 9.84 Å². The molecular formula is C16H17FO3S. The Kier molecular flexibility index (Phi) is 5.22. The highest BCUT2D eigenvalue weighted by molar-refractivity contribution is 7.10. The fraction of sp³-hybridized carbons (Fsp3) is 0.312. The molecule has 0 saturated heterocycles. The summed E-state index contributed by atoms with van der Waals surface area (Å²) in [6.45, 7) is 0.843. The van der Waals surface area contributed by atoms with Crippen LogP contribution in [0.4, 0.5) is 4.39 Å². The summed E-state index contributed by atoms with van der Waals surface area (Å²) in [7, 11) is 0. The normalized spacial score (nSPS) is 15.4. The molecule has 0 aliphatic rings. The van der Waals surface area contributed by atoms with E-state index in [0.717, 1.165) is 12.5 Å². The van der Waals surface area contributed by atoms with Crippen LogP contribution < -0.4 is 0 Å². The molecule has 112 valence electrons. The van der Waals surface area contributed by atoms with Gasteiger partial charge >= 0.3 is 0 Å². The zero-order chi connectivity index (χ0) is 15.3. The van der Waals surface area contributed by atoms with Crippen LogP contribution in [0.15, 0.2) is 47.8 Å². The SMILES string of the molecule is CC(=O)C(F)(COCc1ccccc1)C(O)c1cccs1. The van der Waals surface area contributed by atoms with Gasteiger partial charge in [0.15, 0.2) is 5.78 Å². The first-order valence-corrected chi connectivity index (χ1v) is 7.45. The molecule has 0 spiro atoms. The maximum atomic E-state index is 14.9. The molecular weight excluding hydrogens is 291 g/mol. The lowest BCUT2D eigenvalue weighted by Crippen LogP contribution is -2.43. The van der Waals surface area contributed by atoms with Gasteiger partial charge in [0, 0.05) is 4.88 Å². The number of Topliss-reactive ketones (excluding diaryl/α,β-unsaturated/α-hetero) is 1. The van der Waals surface area contributed by atoms with E-state index in [1.54, 1.807) is 17.5 Å². The summed E-state index contributed by atoms with van der Waals surface area (Å²) >= 11 is 1.21. The Morgan fingerprint density at radius 1 is 1.33 bits per heavy atom. The van der Waals surface area contributed by atoms with Gasteiger partial charge in [-0.05, 0) is 23.9 Å². The Bertz CT molecular complexity index is 570. The Hall–Kier alpha value is -1.56. The minimum absolute atomic E-state index is 0.191. The smallest absolute Gasteiger partial charge is 0.221 e. The highest BCUT2D eigenvalue weighted by Crippen LogP contribution is 2.33. The van der Waals surface area contributed by atoms with Crippen LogP contribution in [0.5, 0.6) is 0 Å². The van der Waals surface area contributed by atoms with Crippen molar-refractivity contribution in [3.63, 3.8) is 0 Å². The lowest BCUT2D eigenvalue weighted by atomic mass is 9.94. The average Bonchev–Trinajstić information content (AvgIpc) is 3.01. The third-order valence-electron chi connectivity index (χ3n) is 3.26. The highest BCUT2D eigenvalue weighted by Gasteiger charge is 2.45. The largest absolute Gasteiger partial charge is 0.384 e. The van der Waals surface area contributed by atoms with Crippen LogP contribution in [0.1, 0.15) is 23.5 Å². The van der Waals surface area contributed by atoms with E-state index < -0.39 is 24.2 Å². The standard InChI is InChI=1S/C16H17FO3S/c1-12(18)16(17,15(19)14-8-5-9-21-14)11-20-10-13-6-3-2-4-7-13/h2-9,15,19H,10-11H2,1H3. The molecule has 0 fully saturated rings. The Morgan fingerprint density at radius 3 is 2.62 bits per heavy atom. The summed E-state index contributed by atoms with van der Waals surface area (Å²) < 4.78 is 20.2. The first kappa shape index (κ1) is 15.8. The Labute approximate surface area is 127 Å². The average molecular weight is 308 g/mol. The van der Waals surface area contributed by atoms with Crippen molar-refractivity contribution in [2.75, 3.05) is 6.61 Å². The van der Waals surface area contributed by atoms with Gasteiger partial charge in [-0.1, -0.05) is 36.4 Å². The van der Waals surface area contributed by atoms with Gasteiger partial charge in [0.05, 0.1) is 13.2 Å². The van der Waals surface area contributed by atoms with E-state index in [9.17, 15) is 14.3 Å². The van der Waals surface area contributed by atoms with Gasteiger partial charge in [0.25, 0.3) is 0 Å². The molecule has 2 atom stereocenters. The van der Waals surface area contributed by atoms with Crippen molar-refractivity contribution in [3.05, 3.63) is 58.3 Å². The molecule has 2 unspecified atom stereocenters. The predicted octanol–water partition coefficient (Wildman–Crippen LogP) is 3.30. The number of thiophene rings is 1. The first-order valence-electron chi connectivity index (χ1n) is 6.57. The third-order valence-corrected chi connectivity index (χ3v) is 4.18. The first-order chi connectivity index (χ1) is 10.0. The lowest BCUT2D eigenvalue weighted by Gasteiger charge is -2.27. The number of hydrogen-bond donors (Lipinski definition) is 1. The molecule has 0 radical (unpaired) electrons. The van der Waals surface area contributed by atoms with Crippen molar-refractivity contribution < 1.29 is 19.0 Å². The van der Waals surface area contributed by atoms with Gasteiger partial charge in [-0.2, -0.15) is 0 Å². The Balaban J connectivity index is 2.03. The second-order valence-electron chi connectivity index (χ2n) is 4.82. The van der Waals surface area contributed by atoms with Crippen LogP contribution in [-0.4, -0.2) is 23.2 Å². The fourth-order valence-corrected chi connectivity index (χ4v) is 2.72. The molecule has 1 aromatic heterocycles. The van der Waals surface area contributed by atoms with Crippen LogP contribution in [-0.2, 0) is 16.1 Å². The number of hydrogen-bond acceptors (Lipinski definition) is 4. The maximum absolute atomic E-state index is 14.9. The van der Waals surface area contributed by atoms with E-state index in [4.69, 9.17) is 4.74 Å². The number of alkyl halides is 1. The number of aliphatic hydroxyl groups is 1. The molecule has 1 aromatic carbocycles. The van der Waals surface area contributed by atoms with Gasteiger partial charge in [-0.25, -0.2) is 4.39 Å². The number of benzene rings is 1. The number of rotatable bonds is 7. The lowest BCUT2D eigenvalue weighted by molar-refractivity contribution is -0.144. The summed E-state index contributed by atoms with van der Waals surface area (Å²) in [6.07, 6.45) is -1.51. The molecule has 0 bridgehead atoms.